The number of aromatic hydroxyl groups is 1. The van der Waals surface area contributed by atoms with Crippen LogP contribution in [0.5, 0.6) is 5.75 Å². The van der Waals surface area contributed by atoms with Crippen molar-refractivity contribution in [3.05, 3.63) is 47.8 Å². The van der Waals surface area contributed by atoms with E-state index in [0.29, 0.717) is 6.07 Å². The van der Waals surface area contributed by atoms with Crippen molar-refractivity contribution in [2.24, 2.45) is 0 Å². The fourth-order valence-corrected chi connectivity index (χ4v) is 1.54. The molecule has 2 rings (SSSR count). The molecule has 0 fully saturated rings. The molecule has 2 nitrogen and oxygen atoms in total. The average Bonchev–Trinajstić information content (AvgIpc) is 2.29. The molecule has 0 aliphatic carbocycles. The fourth-order valence-electron chi connectivity index (χ4n) is 1.54. The maximum atomic E-state index is 13.5. The topological polar surface area (TPSA) is 46.2 Å². The first-order valence-corrected chi connectivity index (χ1v) is 4.73. The van der Waals surface area contributed by atoms with Gasteiger partial charge in [-0.15, -0.1) is 0 Å². The molecule has 88 valence electrons. The molecule has 0 radical (unpaired) electrons. The zero-order valence-corrected chi connectivity index (χ0v) is 8.55. The molecular formula is C12H8F3NO. The molecule has 0 aromatic heterocycles. The molecule has 0 amide bonds. The number of nitrogen functional groups attached to an aromatic ring is 1. The molecule has 2 aromatic carbocycles. The second kappa shape index (κ2) is 4.01. The standard InChI is InChI=1S/C12H8F3NO/c13-8-5-9(14)11(15)12(16)10(8)6-1-3-7(17)4-2-6/h1-5,17H,16H2. The molecule has 0 atom stereocenters. The summed E-state index contributed by atoms with van der Waals surface area (Å²) in [4.78, 5) is 0. The summed E-state index contributed by atoms with van der Waals surface area (Å²) in [5, 5.41) is 9.08. The van der Waals surface area contributed by atoms with E-state index in [1.54, 1.807) is 0 Å². The average molecular weight is 239 g/mol. The van der Waals surface area contributed by atoms with Crippen molar-refractivity contribution in [3.8, 4) is 16.9 Å². The Morgan fingerprint density at radius 1 is 0.941 bits per heavy atom. The van der Waals surface area contributed by atoms with Crippen LogP contribution < -0.4 is 5.73 Å². The summed E-state index contributed by atoms with van der Waals surface area (Å²) < 4.78 is 39.6. The second-order valence-electron chi connectivity index (χ2n) is 3.49. The number of benzene rings is 2. The molecule has 0 aliphatic rings. The predicted octanol–water partition coefficient (Wildman–Crippen LogP) is 3.06. The van der Waals surface area contributed by atoms with Crippen LogP contribution in [-0.4, -0.2) is 5.11 Å². The van der Waals surface area contributed by atoms with Gasteiger partial charge in [-0.2, -0.15) is 0 Å². The van der Waals surface area contributed by atoms with Crippen LogP contribution in [0.1, 0.15) is 0 Å². The molecule has 0 spiro atoms. The highest BCUT2D eigenvalue weighted by molar-refractivity contribution is 5.77. The molecule has 0 bridgehead atoms. The zero-order chi connectivity index (χ0) is 12.6. The highest BCUT2D eigenvalue weighted by atomic mass is 19.2. The molecule has 0 unspecified atom stereocenters. The van der Waals surface area contributed by atoms with Gasteiger partial charge in [0.2, 0.25) is 0 Å². The molecule has 0 saturated carbocycles. The number of nitrogens with two attached hydrogens (primary N) is 1. The van der Waals surface area contributed by atoms with Crippen molar-refractivity contribution in [1.29, 1.82) is 0 Å². The number of rotatable bonds is 1. The van der Waals surface area contributed by atoms with E-state index in [4.69, 9.17) is 10.8 Å². The monoisotopic (exact) mass is 239 g/mol. The van der Waals surface area contributed by atoms with Gasteiger partial charge in [0.05, 0.1) is 5.69 Å². The van der Waals surface area contributed by atoms with E-state index in [2.05, 4.69) is 0 Å². The molecule has 5 heteroatoms. The first kappa shape index (κ1) is 11.3. The van der Waals surface area contributed by atoms with Crippen molar-refractivity contribution >= 4 is 5.69 Å². The number of phenolic OH excluding ortho intramolecular Hbond substituents is 1. The number of phenols is 1. The van der Waals surface area contributed by atoms with Gasteiger partial charge >= 0.3 is 0 Å². The summed E-state index contributed by atoms with van der Waals surface area (Å²) in [7, 11) is 0. The Hall–Kier alpha value is -2.17. The highest BCUT2D eigenvalue weighted by Gasteiger charge is 2.17. The quantitative estimate of drug-likeness (QED) is 0.593. The van der Waals surface area contributed by atoms with Gasteiger partial charge in [-0.05, 0) is 17.7 Å². The first-order chi connectivity index (χ1) is 8.00. The summed E-state index contributed by atoms with van der Waals surface area (Å²) in [6.45, 7) is 0. The summed E-state index contributed by atoms with van der Waals surface area (Å²) in [6, 6.07) is 5.77. The van der Waals surface area contributed by atoms with Gasteiger partial charge in [-0.25, -0.2) is 13.2 Å². The first-order valence-electron chi connectivity index (χ1n) is 4.73. The lowest BCUT2D eigenvalue weighted by Crippen LogP contribution is -2.01. The molecule has 2 aromatic rings. The van der Waals surface area contributed by atoms with Gasteiger partial charge in [-0.1, -0.05) is 12.1 Å². The Balaban J connectivity index is 2.67. The summed E-state index contributed by atoms with van der Waals surface area (Å²) in [5.74, 6) is -3.58. The second-order valence-corrected chi connectivity index (χ2v) is 3.49. The van der Waals surface area contributed by atoms with Crippen LogP contribution >= 0.6 is 0 Å². The van der Waals surface area contributed by atoms with Crippen molar-refractivity contribution in [1.82, 2.24) is 0 Å². The van der Waals surface area contributed by atoms with Crippen LogP contribution in [0.4, 0.5) is 18.9 Å². The van der Waals surface area contributed by atoms with Crippen molar-refractivity contribution in [2.75, 3.05) is 5.73 Å². The molecule has 0 heterocycles. The molecule has 17 heavy (non-hydrogen) atoms. The summed E-state index contributed by atoms with van der Waals surface area (Å²) in [6.07, 6.45) is 0. The lowest BCUT2D eigenvalue weighted by Gasteiger charge is -2.09. The number of hydrogen-bond acceptors (Lipinski definition) is 2. The minimum Gasteiger partial charge on any atom is -0.508 e. The van der Waals surface area contributed by atoms with E-state index < -0.39 is 23.1 Å². The minimum atomic E-state index is -1.33. The van der Waals surface area contributed by atoms with Crippen LogP contribution in [-0.2, 0) is 0 Å². The SMILES string of the molecule is Nc1c(F)c(F)cc(F)c1-c1ccc(O)cc1. The predicted molar refractivity (Wildman–Crippen MR) is 57.8 cm³/mol. The van der Waals surface area contributed by atoms with Gasteiger partial charge in [0.15, 0.2) is 11.6 Å². The molecule has 0 saturated heterocycles. The van der Waals surface area contributed by atoms with E-state index in [1.165, 1.54) is 24.3 Å². The van der Waals surface area contributed by atoms with Gasteiger partial charge in [0, 0.05) is 11.6 Å². The molecule has 3 N–H and O–H groups in total. The van der Waals surface area contributed by atoms with Crippen molar-refractivity contribution in [3.63, 3.8) is 0 Å². The Morgan fingerprint density at radius 2 is 1.53 bits per heavy atom. The molecular weight excluding hydrogens is 231 g/mol. The van der Waals surface area contributed by atoms with E-state index in [-0.39, 0.29) is 16.9 Å². The maximum absolute atomic E-state index is 13.5. The number of anilines is 1. The largest absolute Gasteiger partial charge is 0.508 e. The van der Waals surface area contributed by atoms with Crippen molar-refractivity contribution in [2.45, 2.75) is 0 Å². The van der Waals surface area contributed by atoms with Crippen LogP contribution in [0, 0.1) is 17.5 Å². The number of hydrogen-bond donors (Lipinski definition) is 2. The third kappa shape index (κ3) is 1.91. The molecule has 0 aliphatic heterocycles. The van der Waals surface area contributed by atoms with Crippen LogP contribution in [0.15, 0.2) is 30.3 Å². The zero-order valence-electron chi connectivity index (χ0n) is 8.55. The fraction of sp³-hybridized carbons (Fsp3) is 0. The summed E-state index contributed by atoms with van der Waals surface area (Å²) in [5.41, 5.74) is 4.79. The lowest BCUT2D eigenvalue weighted by molar-refractivity contribution is 0.475. The van der Waals surface area contributed by atoms with E-state index >= 15 is 0 Å². The van der Waals surface area contributed by atoms with Crippen LogP contribution in [0.3, 0.4) is 0 Å². The van der Waals surface area contributed by atoms with E-state index in [1.807, 2.05) is 0 Å². The number of halogens is 3. The van der Waals surface area contributed by atoms with E-state index in [0.717, 1.165) is 0 Å². The Kier molecular flexibility index (Phi) is 2.67. The van der Waals surface area contributed by atoms with Gasteiger partial charge in [0.1, 0.15) is 11.6 Å². The third-order valence-corrected chi connectivity index (χ3v) is 2.36. The van der Waals surface area contributed by atoms with Gasteiger partial charge < -0.3 is 10.8 Å². The Bertz CT molecular complexity index is 567. The lowest BCUT2D eigenvalue weighted by atomic mass is 10.0. The van der Waals surface area contributed by atoms with Crippen LogP contribution in [0.25, 0.3) is 11.1 Å². The van der Waals surface area contributed by atoms with Crippen molar-refractivity contribution < 1.29 is 18.3 Å². The normalized spacial score (nSPS) is 10.5. The van der Waals surface area contributed by atoms with Gasteiger partial charge in [-0.3, -0.25) is 0 Å². The minimum absolute atomic E-state index is 0.0182. The van der Waals surface area contributed by atoms with Gasteiger partial charge in [0.25, 0.3) is 0 Å². The summed E-state index contributed by atoms with van der Waals surface area (Å²) >= 11 is 0. The maximum Gasteiger partial charge on any atom is 0.182 e. The van der Waals surface area contributed by atoms with E-state index in [9.17, 15) is 13.2 Å². The third-order valence-electron chi connectivity index (χ3n) is 2.36. The Labute approximate surface area is 95.1 Å². The highest BCUT2D eigenvalue weighted by Crippen LogP contribution is 2.32. The smallest absolute Gasteiger partial charge is 0.182 e. The Morgan fingerprint density at radius 3 is 2.12 bits per heavy atom. The van der Waals surface area contributed by atoms with Crippen LogP contribution in [0.2, 0.25) is 0 Å².